The Morgan fingerprint density at radius 3 is 2.39 bits per heavy atom. The molecule has 0 fully saturated rings. The molecule has 1 N–H and O–H groups in total. The molecule has 0 aliphatic rings. The molecular weight excluding hydrogens is 352 g/mol. The topological polar surface area (TPSA) is 77.0 Å². The highest BCUT2D eigenvalue weighted by molar-refractivity contribution is 6.04. The first-order valence-corrected chi connectivity index (χ1v) is 8.65. The van der Waals surface area contributed by atoms with E-state index in [0.29, 0.717) is 17.2 Å². The number of benzene rings is 2. The number of ether oxygens (including phenoxy) is 1. The molecule has 136 valence electrons. The summed E-state index contributed by atoms with van der Waals surface area (Å²) < 4.78 is 5.91. The maximum atomic E-state index is 12.3. The summed E-state index contributed by atoms with van der Waals surface area (Å²) in [4.78, 5) is 24.8. The van der Waals surface area contributed by atoms with E-state index in [-0.39, 0.29) is 5.91 Å². The van der Waals surface area contributed by atoms with E-state index in [1.165, 1.54) is 6.33 Å². The van der Waals surface area contributed by atoms with Crippen molar-refractivity contribution >= 4 is 11.6 Å². The normalized spacial score (nSPS) is 10.3. The molecule has 0 spiro atoms. The number of nitrogens with one attached hydrogen (secondary N) is 1. The second-order valence-corrected chi connectivity index (χ2v) is 5.90. The van der Waals surface area contributed by atoms with E-state index in [2.05, 4.69) is 20.3 Å². The smallest absolute Gasteiger partial charge is 0.255 e. The second kappa shape index (κ2) is 8.09. The SMILES string of the molecule is O=C(Nc1ccccc1)c1ccc(Oc2ncccc2-c2ccncn2)cc1. The first kappa shape index (κ1) is 17.4. The number of para-hydroxylation sites is 1. The monoisotopic (exact) mass is 368 g/mol. The second-order valence-electron chi connectivity index (χ2n) is 5.90. The zero-order chi connectivity index (χ0) is 19.2. The van der Waals surface area contributed by atoms with Crippen LogP contribution in [0.3, 0.4) is 0 Å². The molecule has 0 aliphatic heterocycles. The van der Waals surface area contributed by atoms with Gasteiger partial charge in [0.05, 0.1) is 11.3 Å². The van der Waals surface area contributed by atoms with E-state index < -0.39 is 0 Å². The summed E-state index contributed by atoms with van der Waals surface area (Å²) in [6.07, 6.45) is 4.80. The number of nitrogens with zero attached hydrogens (tertiary/aromatic N) is 3. The summed E-state index contributed by atoms with van der Waals surface area (Å²) in [5.41, 5.74) is 2.76. The number of aromatic nitrogens is 3. The molecule has 6 heteroatoms. The number of carbonyl (C=O) groups is 1. The van der Waals surface area contributed by atoms with Gasteiger partial charge in [0, 0.05) is 23.6 Å². The van der Waals surface area contributed by atoms with Gasteiger partial charge in [-0.15, -0.1) is 0 Å². The molecule has 6 nitrogen and oxygen atoms in total. The van der Waals surface area contributed by atoms with Gasteiger partial charge in [-0.2, -0.15) is 0 Å². The van der Waals surface area contributed by atoms with Crippen LogP contribution in [0.15, 0.2) is 91.5 Å². The van der Waals surface area contributed by atoms with Crippen LogP contribution in [0, 0.1) is 0 Å². The zero-order valence-electron chi connectivity index (χ0n) is 14.8. The van der Waals surface area contributed by atoms with Crippen molar-refractivity contribution in [1.82, 2.24) is 15.0 Å². The van der Waals surface area contributed by atoms with Crippen LogP contribution in [0.1, 0.15) is 10.4 Å². The van der Waals surface area contributed by atoms with Crippen LogP contribution in [0.2, 0.25) is 0 Å². The lowest BCUT2D eigenvalue weighted by Crippen LogP contribution is -2.11. The summed E-state index contributed by atoms with van der Waals surface area (Å²) in [5, 5.41) is 2.85. The fraction of sp³-hybridized carbons (Fsp3) is 0. The number of anilines is 1. The van der Waals surface area contributed by atoms with Crippen LogP contribution < -0.4 is 10.1 Å². The molecule has 0 bridgehead atoms. The van der Waals surface area contributed by atoms with Crippen LogP contribution in [0.5, 0.6) is 11.6 Å². The van der Waals surface area contributed by atoms with E-state index in [1.807, 2.05) is 42.5 Å². The van der Waals surface area contributed by atoms with Gasteiger partial charge < -0.3 is 10.1 Å². The highest BCUT2D eigenvalue weighted by Gasteiger charge is 2.11. The van der Waals surface area contributed by atoms with Gasteiger partial charge in [0.1, 0.15) is 12.1 Å². The molecule has 0 radical (unpaired) electrons. The number of rotatable bonds is 5. The summed E-state index contributed by atoms with van der Waals surface area (Å²) in [6.45, 7) is 0. The molecule has 2 aromatic carbocycles. The van der Waals surface area contributed by atoms with Crippen molar-refractivity contribution in [3.8, 4) is 22.9 Å². The molecular formula is C22H16N4O2. The molecule has 2 aromatic heterocycles. The average molecular weight is 368 g/mol. The minimum atomic E-state index is -0.183. The summed E-state index contributed by atoms with van der Waals surface area (Å²) >= 11 is 0. The lowest BCUT2D eigenvalue weighted by Gasteiger charge is -2.10. The Balaban J connectivity index is 1.51. The fourth-order valence-electron chi connectivity index (χ4n) is 2.63. The van der Waals surface area contributed by atoms with E-state index in [4.69, 9.17) is 4.74 Å². The molecule has 0 saturated carbocycles. The van der Waals surface area contributed by atoms with Crippen molar-refractivity contribution in [2.75, 3.05) is 5.32 Å². The fourth-order valence-corrected chi connectivity index (χ4v) is 2.63. The van der Waals surface area contributed by atoms with Gasteiger partial charge in [0.15, 0.2) is 0 Å². The Kier molecular flexibility index (Phi) is 5.02. The lowest BCUT2D eigenvalue weighted by atomic mass is 10.2. The Bertz CT molecular complexity index is 1070. The first-order valence-electron chi connectivity index (χ1n) is 8.65. The van der Waals surface area contributed by atoms with Gasteiger partial charge in [-0.25, -0.2) is 15.0 Å². The maximum absolute atomic E-state index is 12.3. The van der Waals surface area contributed by atoms with E-state index in [0.717, 1.165) is 16.9 Å². The average Bonchev–Trinajstić information content (AvgIpc) is 2.76. The number of hydrogen-bond donors (Lipinski definition) is 1. The maximum Gasteiger partial charge on any atom is 0.255 e. The molecule has 0 unspecified atom stereocenters. The van der Waals surface area contributed by atoms with Crippen LogP contribution in [0.4, 0.5) is 5.69 Å². The molecule has 0 atom stereocenters. The minimum absolute atomic E-state index is 0.183. The van der Waals surface area contributed by atoms with Crippen LogP contribution in [0.25, 0.3) is 11.3 Å². The van der Waals surface area contributed by atoms with Crippen molar-refractivity contribution < 1.29 is 9.53 Å². The largest absolute Gasteiger partial charge is 0.438 e. The van der Waals surface area contributed by atoms with E-state index >= 15 is 0 Å². The quantitative estimate of drug-likeness (QED) is 0.558. The van der Waals surface area contributed by atoms with Crippen molar-refractivity contribution in [3.05, 3.63) is 97.1 Å². The van der Waals surface area contributed by atoms with Crippen molar-refractivity contribution in [2.45, 2.75) is 0 Å². The first-order chi connectivity index (χ1) is 13.8. The van der Waals surface area contributed by atoms with E-state index in [9.17, 15) is 4.79 Å². The van der Waals surface area contributed by atoms with Gasteiger partial charge in [0.2, 0.25) is 5.88 Å². The van der Waals surface area contributed by atoms with Gasteiger partial charge >= 0.3 is 0 Å². The molecule has 4 rings (SSSR count). The standard InChI is InChI=1S/C22H16N4O2/c27-21(26-17-5-2-1-3-6-17)16-8-10-18(11-9-16)28-22-19(7-4-13-24-22)20-12-14-23-15-25-20/h1-15H,(H,26,27). The third-order valence-corrected chi connectivity index (χ3v) is 3.99. The molecule has 0 aliphatic carbocycles. The Hall–Kier alpha value is -4.06. The third-order valence-electron chi connectivity index (χ3n) is 3.99. The summed E-state index contributed by atoms with van der Waals surface area (Å²) in [7, 11) is 0. The van der Waals surface area contributed by atoms with E-state index in [1.54, 1.807) is 42.7 Å². The van der Waals surface area contributed by atoms with Crippen molar-refractivity contribution in [1.29, 1.82) is 0 Å². The molecule has 0 saturated heterocycles. The van der Waals surface area contributed by atoms with Crippen LogP contribution in [-0.4, -0.2) is 20.9 Å². The molecule has 28 heavy (non-hydrogen) atoms. The third kappa shape index (κ3) is 4.02. The predicted molar refractivity (Wildman–Crippen MR) is 106 cm³/mol. The van der Waals surface area contributed by atoms with Crippen LogP contribution >= 0.6 is 0 Å². The van der Waals surface area contributed by atoms with Gasteiger partial charge in [-0.05, 0) is 54.6 Å². The van der Waals surface area contributed by atoms with Gasteiger partial charge in [-0.3, -0.25) is 4.79 Å². The molecule has 1 amide bonds. The summed E-state index contributed by atoms with van der Waals surface area (Å²) in [6, 6.07) is 21.7. The number of carbonyl (C=O) groups excluding carboxylic acids is 1. The zero-order valence-corrected chi connectivity index (χ0v) is 14.8. The lowest BCUT2D eigenvalue weighted by molar-refractivity contribution is 0.102. The number of pyridine rings is 1. The van der Waals surface area contributed by atoms with Crippen LogP contribution in [-0.2, 0) is 0 Å². The van der Waals surface area contributed by atoms with Gasteiger partial charge in [0.25, 0.3) is 5.91 Å². The Morgan fingerprint density at radius 2 is 1.64 bits per heavy atom. The number of hydrogen-bond acceptors (Lipinski definition) is 5. The predicted octanol–water partition coefficient (Wildman–Crippen LogP) is 4.58. The highest BCUT2D eigenvalue weighted by atomic mass is 16.5. The highest BCUT2D eigenvalue weighted by Crippen LogP contribution is 2.29. The Labute approximate surface area is 161 Å². The number of amides is 1. The molecule has 4 aromatic rings. The summed E-state index contributed by atoms with van der Waals surface area (Å²) in [5.74, 6) is 0.824. The minimum Gasteiger partial charge on any atom is -0.438 e. The van der Waals surface area contributed by atoms with Crippen molar-refractivity contribution in [2.24, 2.45) is 0 Å². The van der Waals surface area contributed by atoms with Crippen molar-refractivity contribution in [3.63, 3.8) is 0 Å². The molecule has 2 heterocycles. The van der Waals surface area contributed by atoms with Gasteiger partial charge in [-0.1, -0.05) is 18.2 Å². The Morgan fingerprint density at radius 1 is 0.821 bits per heavy atom.